The second kappa shape index (κ2) is 5.58. The van der Waals surface area contributed by atoms with Gasteiger partial charge in [-0.2, -0.15) is 0 Å². The van der Waals surface area contributed by atoms with Gasteiger partial charge in [0.2, 0.25) is 0 Å². The summed E-state index contributed by atoms with van der Waals surface area (Å²) in [6.45, 7) is 0. The largest absolute Gasteiger partial charge is 0.0616 e. The smallest absolute Gasteiger partial charge is 0.0175 e. The Morgan fingerprint density at radius 2 is 1.42 bits per heavy atom. The quantitative estimate of drug-likeness (QED) is 0.608. The number of hydrogen-bond acceptors (Lipinski definition) is 0. The van der Waals surface area contributed by atoms with Crippen LogP contribution in [0.15, 0.2) is 71.2 Å². The molecule has 0 aliphatic heterocycles. The predicted octanol–water partition coefficient (Wildman–Crippen LogP) is 5.39. The van der Waals surface area contributed by atoms with Gasteiger partial charge in [-0.25, -0.2) is 0 Å². The lowest BCUT2D eigenvalue weighted by Gasteiger charge is -2.07. The molecular weight excluding hydrogens is 296 g/mol. The van der Waals surface area contributed by atoms with Crippen molar-refractivity contribution in [1.29, 1.82) is 0 Å². The first-order valence-electron chi connectivity index (χ1n) is 6.54. The van der Waals surface area contributed by atoms with Crippen LogP contribution in [0.3, 0.4) is 0 Å². The molecule has 0 N–H and O–H groups in total. The van der Waals surface area contributed by atoms with E-state index in [0.717, 1.165) is 17.3 Å². The maximum Gasteiger partial charge on any atom is 0.0175 e. The highest BCUT2D eigenvalue weighted by molar-refractivity contribution is 9.10. The van der Waals surface area contributed by atoms with Crippen LogP contribution in [0.2, 0.25) is 0 Å². The Balaban J connectivity index is 1.84. The molecule has 1 heteroatoms. The molecule has 0 saturated heterocycles. The summed E-state index contributed by atoms with van der Waals surface area (Å²) in [6.07, 6.45) is 2.17. The highest BCUT2D eigenvalue weighted by Gasteiger charge is 2.01. The molecule has 0 nitrogen and oxygen atoms in total. The van der Waals surface area contributed by atoms with Crippen molar-refractivity contribution < 1.29 is 0 Å². The minimum Gasteiger partial charge on any atom is -0.0616 e. The zero-order valence-electron chi connectivity index (χ0n) is 10.6. The predicted molar refractivity (Wildman–Crippen MR) is 85.5 cm³/mol. The number of rotatable bonds is 3. The molecule has 0 heterocycles. The first-order chi connectivity index (χ1) is 9.33. The highest BCUT2D eigenvalue weighted by atomic mass is 79.9. The van der Waals surface area contributed by atoms with E-state index in [1.165, 1.54) is 21.9 Å². The van der Waals surface area contributed by atoms with Gasteiger partial charge in [-0.1, -0.05) is 70.5 Å². The monoisotopic (exact) mass is 310 g/mol. The van der Waals surface area contributed by atoms with Crippen molar-refractivity contribution in [2.45, 2.75) is 12.8 Å². The average Bonchev–Trinajstić information content (AvgIpc) is 2.47. The molecule has 3 rings (SSSR count). The summed E-state index contributed by atoms with van der Waals surface area (Å²) in [6, 6.07) is 23.8. The van der Waals surface area contributed by atoms with Gasteiger partial charge in [0.15, 0.2) is 0 Å². The molecule has 0 fully saturated rings. The van der Waals surface area contributed by atoms with Crippen molar-refractivity contribution in [1.82, 2.24) is 0 Å². The van der Waals surface area contributed by atoms with Crippen molar-refractivity contribution in [3.05, 3.63) is 82.3 Å². The molecule has 19 heavy (non-hydrogen) atoms. The zero-order valence-corrected chi connectivity index (χ0v) is 12.2. The molecule has 3 aromatic rings. The van der Waals surface area contributed by atoms with E-state index in [1.807, 2.05) is 0 Å². The number of aryl methyl sites for hydroxylation is 2. The minimum atomic E-state index is 1.08. The molecule has 0 amide bonds. The Bertz CT molecular complexity index is 678. The Morgan fingerprint density at radius 3 is 2.26 bits per heavy atom. The Hall–Kier alpha value is -1.60. The molecule has 0 saturated carbocycles. The summed E-state index contributed by atoms with van der Waals surface area (Å²) >= 11 is 3.47. The second-order valence-corrected chi connectivity index (χ2v) is 5.68. The average molecular weight is 311 g/mol. The molecule has 0 aliphatic rings. The number of halogens is 1. The fourth-order valence-electron chi connectivity index (χ4n) is 2.44. The molecule has 0 spiro atoms. The number of benzene rings is 3. The first kappa shape index (κ1) is 12.4. The van der Waals surface area contributed by atoms with E-state index >= 15 is 0 Å². The summed E-state index contributed by atoms with van der Waals surface area (Å²) in [5.41, 5.74) is 2.82. The number of fused-ring (bicyclic) bond motifs is 1. The van der Waals surface area contributed by atoms with E-state index in [4.69, 9.17) is 0 Å². The summed E-state index contributed by atoms with van der Waals surface area (Å²) < 4.78 is 1.14. The molecule has 0 atom stereocenters. The van der Waals surface area contributed by atoms with E-state index < -0.39 is 0 Å². The van der Waals surface area contributed by atoms with Crippen LogP contribution in [0.25, 0.3) is 10.8 Å². The van der Waals surface area contributed by atoms with Crippen LogP contribution < -0.4 is 0 Å². The standard InChI is InChI=1S/C18H15Br/c19-17-12-9-14(10-13-17)8-11-16-6-3-5-15-4-1-2-7-18(15)16/h1-7,9-10,12-13H,8,11H2. The van der Waals surface area contributed by atoms with Crippen LogP contribution in [-0.2, 0) is 12.8 Å². The fourth-order valence-corrected chi connectivity index (χ4v) is 2.70. The fraction of sp³-hybridized carbons (Fsp3) is 0.111. The van der Waals surface area contributed by atoms with Gasteiger partial charge in [-0.15, -0.1) is 0 Å². The third kappa shape index (κ3) is 2.87. The van der Waals surface area contributed by atoms with Gasteiger partial charge in [0.05, 0.1) is 0 Å². The SMILES string of the molecule is Brc1ccc(CCc2cccc3ccccc23)cc1. The van der Waals surface area contributed by atoms with Gasteiger partial charge < -0.3 is 0 Å². The lowest BCUT2D eigenvalue weighted by Crippen LogP contribution is -1.92. The van der Waals surface area contributed by atoms with Crippen LogP contribution in [0.4, 0.5) is 0 Å². The lowest BCUT2D eigenvalue weighted by molar-refractivity contribution is 0.969. The van der Waals surface area contributed by atoms with Gasteiger partial charge in [0, 0.05) is 4.47 Å². The van der Waals surface area contributed by atoms with Crippen LogP contribution in [-0.4, -0.2) is 0 Å². The summed E-state index contributed by atoms with van der Waals surface area (Å²) in [7, 11) is 0. The van der Waals surface area contributed by atoms with Crippen LogP contribution in [0.5, 0.6) is 0 Å². The van der Waals surface area contributed by atoms with Crippen molar-refractivity contribution in [3.63, 3.8) is 0 Å². The molecule has 3 aromatic carbocycles. The topological polar surface area (TPSA) is 0 Å². The first-order valence-corrected chi connectivity index (χ1v) is 7.33. The van der Waals surface area contributed by atoms with Gasteiger partial charge in [-0.3, -0.25) is 0 Å². The molecule has 0 unspecified atom stereocenters. The third-order valence-electron chi connectivity index (χ3n) is 3.48. The van der Waals surface area contributed by atoms with Crippen molar-refractivity contribution in [2.75, 3.05) is 0 Å². The van der Waals surface area contributed by atoms with Crippen molar-refractivity contribution in [2.24, 2.45) is 0 Å². The van der Waals surface area contributed by atoms with E-state index in [-0.39, 0.29) is 0 Å². The maximum absolute atomic E-state index is 3.47. The minimum absolute atomic E-state index is 1.08. The van der Waals surface area contributed by atoms with Crippen molar-refractivity contribution >= 4 is 26.7 Å². The van der Waals surface area contributed by atoms with E-state index in [1.54, 1.807) is 0 Å². The normalized spacial score (nSPS) is 10.8. The maximum atomic E-state index is 3.47. The zero-order chi connectivity index (χ0) is 13.1. The van der Waals surface area contributed by atoms with Crippen molar-refractivity contribution in [3.8, 4) is 0 Å². The van der Waals surface area contributed by atoms with Gasteiger partial charge in [0.1, 0.15) is 0 Å². The number of hydrogen-bond donors (Lipinski definition) is 0. The molecule has 0 radical (unpaired) electrons. The molecular formula is C18H15Br. The Kier molecular flexibility index (Phi) is 3.65. The van der Waals surface area contributed by atoms with E-state index in [9.17, 15) is 0 Å². The summed E-state index contributed by atoms with van der Waals surface area (Å²) in [4.78, 5) is 0. The Morgan fingerprint density at radius 1 is 0.684 bits per heavy atom. The summed E-state index contributed by atoms with van der Waals surface area (Å²) in [5.74, 6) is 0. The molecule has 0 aliphatic carbocycles. The van der Waals surface area contributed by atoms with E-state index in [2.05, 4.69) is 82.7 Å². The van der Waals surface area contributed by atoms with Gasteiger partial charge in [-0.05, 0) is 46.9 Å². The molecule has 94 valence electrons. The molecule has 0 aromatic heterocycles. The second-order valence-electron chi connectivity index (χ2n) is 4.76. The lowest BCUT2D eigenvalue weighted by atomic mass is 9.99. The van der Waals surface area contributed by atoms with E-state index in [0.29, 0.717) is 0 Å². The third-order valence-corrected chi connectivity index (χ3v) is 4.00. The Labute approximate surface area is 122 Å². The van der Waals surface area contributed by atoms with Crippen LogP contribution in [0, 0.1) is 0 Å². The summed E-state index contributed by atoms with van der Waals surface area (Å²) in [5, 5.41) is 2.71. The highest BCUT2D eigenvalue weighted by Crippen LogP contribution is 2.20. The van der Waals surface area contributed by atoms with Gasteiger partial charge >= 0.3 is 0 Å². The van der Waals surface area contributed by atoms with Crippen LogP contribution >= 0.6 is 15.9 Å². The molecule has 0 bridgehead atoms. The van der Waals surface area contributed by atoms with Crippen LogP contribution in [0.1, 0.15) is 11.1 Å². The van der Waals surface area contributed by atoms with Gasteiger partial charge in [0.25, 0.3) is 0 Å².